The van der Waals surface area contributed by atoms with Crippen LogP contribution in [-0.2, 0) is 4.79 Å². The van der Waals surface area contributed by atoms with Crippen molar-refractivity contribution in [3.05, 3.63) is 96.3 Å². The van der Waals surface area contributed by atoms with Gasteiger partial charge in [-0.1, -0.05) is 60.7 Å². The average molecular weight is 470 g/mol. The van der Waals surface area contributed by atoms with Crippen LogP contribution in [0.3, 0.4) is 0 Å². The minimum atomic E-state index is 0.0991. The molecule has 3 aromatic rings. The smallest absolute Gasteiger partial charge is 0.223 e. The third kappa shape index (κ3) is 6.09. The first kappa shape index (κ1) is 23.6. The summed E-state index contributed by atoms with van der Waals surface area (Å²) in [5, 5.41) is 0. The van der Waals surface area contributed by atoms with E-state index >= 15 is 0 Å². The Morgan fingerprint density at radius 2 is 1.37 bits per heavy atom. The number of pyridine rings is 1. The molecule has 2 saturated heterocycles. The van der Waals surface area contributed by atoms with E-state index in [1.165, 1.54) is 11.1 Å². The fourth-order valence-corrected chi connectivity index (χ4v) is 5.55. The number of rotatable bonds is 7. The number of carbonyl (C=O) groups excluding carboxylic acids is 1. The van der Waals surface area contributed by atoms with Crippen LogP contribution in [0.5, 0.6) is 5.75 Å². The molecule has 0 N–H and O–H groups in total. The van der Waals surface area contributed by atoms with Gasteiger partial charge in [0.1, 0.15) is 11.9 Å². The summed E-state index contributed by atoms with van der Waals surface area (Å²) in [5.74, 6) is 1.28. The molecule has 182 valence electrons. The average Bonchev–Trinajstić information content (AvgIpc) is 2.94. The zero-order valence-corrected chi connectivity index (χ0v) is 20.3. The summed E-state index contributed by atoms with van der Waals surface area (Å²) in [7, 11) is 0. The first-order valence-electron chi connectivity index (χ1n) is 12.9. The molecule has 0 spiro atoms. The number of amides is 1. The molecule has 0 saturated carbocycles. The summed E-state index contributed by atoms with van der Waals surface area (Å²) in [4.78, 5) is 22.1. The van der Waals surface area contributed by atoms with Gasteiger partial charge in [-0.05, 0) is 48.9 Å². The number of aromatic nitrogens is 1. The molecule has 5 rings (SSSR count). The van der Waals surface area contributed by atoms with Gasteiger partial charge in [-0.15, -0.1) is 0 Å². The van der Waals surface area contributed by atoms with Gasteiger partial charge in [-0.25, -0.2) is 0 Å². The Bertz CT molecular complexity index is 1010. The molecule has 0 aliphatic carbocycles. The van der Waals surface area contributed by atoms with Gasteiger partial charge in [-0.3, -0.25) is 14.7 Å². The summed E-state index contributed by atoms with van der Waals surface area (Å²) in [5.41, 5.74) is 2.41. The number of piperidine rings is 2. The molecule has 0 radical (unpaired) electrons. The number of likely N-dealkylation sites (tertiary alicyclic amines) is 2. The van der Waals surface area contributed by atoms with Crippen LogP contribution in [-0.4, -0.2) is 59.0 Å². The van der Waals surface area contributed by atoms with Gasteiger partial charge in [-0.2, -0.15) is 0 Å². The molecule has 0 bridgehead atoms. The van der Waals surface area contributed by atoms with E-state index < -0.39 is 0 Å². The van der Waals surface area contributed by atoms with E-state index in [9.17, 15) is 4.79 Å². The Balaban J connectivity index is 1.12. The molecular weight excluding hydrogens is 434 g/mol. The second kappa shape index (κ2) is 11.5. The largest absolute Gasteiger partial charge is 0.490 e. The second-order valence-electron chi connectivity index (χ2n) is 9.73. The van der Waals surface area contributed by atoms with Crippen molar-refractivity contribution in [2.75, 3.05) is 26.2 Å². The van der Waals surface area contributed by atoms with Crippen LogP contribution in [0, 0.1) is 0 Å². The quantitative estimate of drug-likeness (QED) is 0.481. The Labute approximate surface area is 208 Å². The number of carbonyl (C=O) groups is 1. The lowest BCUT2D eigenvalue weighted by Gasteiger charge is -2.42. The predicted octanol–water partition coefficient (Wildman–Crippen LogP) is 5.14. The van der Waals surface area contributed by atoms with Crippen LogP contribution in [0.15, 0.2) is 85.2 Å². The normalized spacial score (nSPS) is 18.0. The van der Waals surface area contributed by atoms with Gasteiger partial charge >= 0.3 is 0 Å². The minimum Gasteiger partial charge on any atom is -0.490 e. The van der Waals surface area contributed by atoms with E-state index in [0.29, 0.717) is 12.5 Å². The van der Waals surface area contributed by atoms with Crippen LogP contribution in [0.4, 0.5) is 0 Å². The molecule has 1 aromatic heterocycles. The van der Waals surface area contributed by atoms with Crippen molar-refractivity contribution in [2.45, 2.75) is 50.2 Å². The Kier molecular flexibility index (Phi) is 7.74. The maximum absolute atomic E-state index is 13.3. The molecule has 3 heterocycles. The lowest BCUT2D eigenvalue weighted by molar-refractivity contribution is -0.133. The number of ether oxygens (including phenoxy) is 1. The van der Waals surface area contributed by atoms with E-state index in [1.807, 2.05) is 24.3 Å². The number of nitrogens with zero attached hydrogens (tertiary/aromatic N) is 3. The lowest BCUT2D eigenvalue weighted by Crippen LogP contribution is -2.50. The van der Waals surface area contributed by atoms with Crippen LogP contribution in [0.25, 0.3) is 0 Å². The van der Waals surface area contributed by atoms with Crippen molar-refractivity contribution in [1.82, 2.24) is 14.8 Å². The first-order valence-corrected chi connectivity index (χ1v) is 12.9. The van der Waals surface area contributed by atoms with E-state index in [-0.39, 0.29) is 17.9 Å². The van der Waals surface area contributed by atoms with Crippen LogP contribution in [0.1, 0.15) is 49.1 Å². The van der Waals surface area contributed by atoms with Crippen molar-refractivity contribution in [3.8, 4) is 5.75 Å². The Morgan fingerprint density at radius 1 is 0.800 bits per heavy atom. The number of benzene rings is 2. The molecule has 0 atom stereocenters. The summed E-state index contributed by atoms with van der Waals surface area (Å²) < 4.78 is 6.13. The number of hydrogen-bond donors (Lipinski definition) is 0. The maximum Gasteiger partial charge on any atom is 0.223 e. The standard InChI is InChI=1S/C30H35N3O2/c34-30(23-29(24-7-3-1-4-8-24)25-9-5-2-6-10-25)33-19-13-26(14-20-33)32-21-15-28(16-22-32)35-27-11-17-31-18-12-27/h1-12,17-18,26,28-29H,13-16,19-23H2. The highest BCUT2D eigenvalue weighted by Crippen LogP contribution is 2.30. The summed E-state index contributed by atoms with van der Waals surface area (Å²) >= 11 is 0. The van der Waals surface area contributed by atoms with E-state index in [1.54, 1.807) is 12.4 Å². The molecule has 2 aromatic carbocycles. The second-order valence-corrected chi connectivity index (χ2v) is 9.73. The van der Waals surface area contributed by atoms with Gasteiger partial charge in [0.2, 0.25) is 5.91 Å². The van der Waals surface area contributed by atoms with E-state index in [2.05, 4.69) is 63.3 Å². The SMILES string of the molecule is O=C(CC(c1ccccc1)c1ccccc1)N1CCC(N2CCC(Oc3ccncc3)CC2)CC1. The Hall–Kier alpha value is -3.18. The zero-order valence-electron chi connectivity index (χ0n) is 20.3. The van der Waals surface area contributed by atoms with Gasteiger partial charge in [0.05, 0.1) is 0 Å². The molecule has 0 unspecified atom stereocenters. The maximum atomic E-state index is 13.3. The third-order valence-corrected chi connectivity index (χ3v) is 7.55. The van der Waals surface area contributed by atoms with Crippen molar-refractivity contribution >= 4 is 5.91 Å². The summed E-state index contributed by atoms with van der Waals surface area (Å²) in [6.07, 6.45) is 8.59. The van der Waals surface area contributed by atoms with Crippen molar-refractivity contribution in [1.29, 1.82) is 0 Å². The van der Waals surface area contributed by atoms with E-state index in [4.69, 9.17) is 4.74 Å². The molecule has 5 nitrogen and oxygen atoms in total. The first-order chi connectivity index (χ1) is 17.3. The van der Waals surface area contributed by atoms with Crippen molar-refractivity contribution < 1.29 is 9.53 Å². The van der Waals surface area contributed by atoms with Crippen molar-refractivity contribution in [3.63, 3.8) is 0 Å². The molecule has 5 heteroatoms. The topological polar surface area (TPSA) is 45.7 Å². The van der Waals surface area contributed by atoms with Crippen molar-refractivity contribution in [2.24, 2.45) is 0 Å². The molecule has 2 aliphatic heterocycles. The minimum absolute atomic E-state index is 0.0991. The lowest BCUT2D eigenvalue weighted by atomic mass is 9.88. The van der Waals surface area contributed by atoms with Gasteiger partial charge in [0.25, 0.3) is 0 Å². The van der Waals surface area contributed by atoms with Crippen LogP contribution < -0.4 is 4.74 Å². The monoisotopic (exact) mass is 469 g/mol. The molecule has 2 aliphatic rings. The highest BCUT2D eigenvalue weighted by Gasteiger charge is 2.31. The molecule has 1 amide bonds. The zero-order chi connectivity index (χ0) is 23.9. The summed E-state index contributed by atoms with van der Waals surface area (Å²) in [6, 6.07) is 25.3. The van der Waals surface area contributed by atoms with E-state index in [0.717, 1.165) is 57.6 Å². The van der Waals surface area contributed by atoms with Gasteiger partial charge in [0, 0.05) is 57.0 Å². The van der Waals surface area contributed by atoms with Crippen LogP contribution >= 0.6 is 0 Å². The fourth-order valence-electron chi connectivity index (χ4n) is 5.55. The molecule has 2 fully saturated rings. The van der Waals surface area contributed by atoms with Crippen LogP contribution in [0.2, 0.25) is 0 Å². The third-order valence-electron chi connectivity index (χ3n) is 7.55. The highest BCUT2D eigenvalue weighted by atomic mass is 16.5. The summed E-state index contributed by atoms with van der Waals surface area (Å²) in [6.45, 7) is 3.84. The molecule has 35 heavy (non-hydrogen) atoms. The van der Waals surface area contributed by atoms with Gasteiger partial charge < -0.3 is 9.64 Å². The predicted molar refractivity (Wildman–Crippen MR) is 138 cm³/mol. The number of hydrogen-bond acceptors (Lipinski definition) is 4. The Morgan fingerprint density at radius 3 is 1.94 bits per heavy atom. The fraction of sp³-hybridized carbons (Fsp3) is 0.400. The van der Waals surface area contributed by atoms with Gasteiger partial charge in [0.15, 0.2) is 0 Å². The molecular formula is C30H35N3O2. The highest BCUT2D eigenvalue weighted by molar-refractivity contribution is 5.78.